The summed E-state index contributed by atoms with van der Waals surface area (Å²) in [4.78, 5) is 0. The molecule has 0 saturated carbocycles. The molecule has 0 unspecified atom stereocenters. The fraction of sp³-hybridized carbons (Fsp3) is 0.333. The number of methoxy groups -OCH3 is 1. The van der Waals surface area contributed by atoms with Crippen LogP contribution in [0, 0.1) is 5.82 Å². The Balaban J connectivity index is 2.04. The molecular weight excluding hydrogens is 333 g/mol. The minimum absolute atomic E-state index is 0.276. The van der Waals surface area contributed by atoms with Gasteiger partial charge in [-0.15, -0.1) is 10.2 Å². The third-order valence-corrected chi connectivity index (χ3v) is 4.00. The van der Waals surface area contributed by atoms with Crippen molar-refractivity contribution in [1.82, 2.24) is 15.5 Å². The molecule has 1 aromatic carbocycles. The van der Waals surface area contributed by atoms with E-state index in [1.165, 1.54) is 23.5 Å². The second-order valence-corrected chi connectivity index (χ2v) is 5.71. The predicted molar refractivity (Wildman–Crippen MR) is 76.6 cm³/mol. The largest absolute Gasteiger partial charge is 0.383 e. The monoisotopic (exact) mass is 345 g/mol. The van der Waals surface area contributed by atoms with Gasteiger partial charge < -0.3 is 10.1 Å². The van der Waals surface area contributed by atoms with E-state index in [0.29, 0.717) is 17.6 Å². The molecule has 1 N–H and O–H groups in total. The zero-order chi connectivity index (χ0) is 13.7. The molecule has 0 fully saturated rings. The maximum atomic E-state index is 13.0. The van der Waals surface area contributed by atoms with Gasteiger partial charge in [0.25, 0.3) is 0 Å². The van der Waals surface area contributed by atoms with Crippen molar-refractivity contribution in [2.45, 2.75) is 6.54 Å². The maximum Gasteiger partial charge on any atom is 0.148 e. The van der Waals surface area contributed by atoms with E-state index in [-0.39, 0.29) is 5.82 Å². The number of hydrogen-bond acceptors (Lipinski definition) is 5. The molecule has 0 atom stereocenters. The summed E-state index contributed by atoms with van der Waals surface area (Å²) in [6, 6.07) is 4.54. The van der Waals surface area contributed by atoms with E-state index in [2.05, 4.69) is 31.4 Å². The number of hydrogen-bond donors (Lipinski definition) is 1. The Morgan fingerprint density at radius 3 is 3.00 bits per heavy atom. The maximum absolute atomic E-state index is 13.0. The van der Waals surface area contributed by atoms with Crippen LogP contribution in [0.25, 0.3) is 10.6 Å². The van der Waals surface area contributed by atoms with Crippen molar-refractivity contribution >= 4 is 27.3 Å². The van der Waals surface area contributed by atoms with Gasteiger partial charge in [0.15, 0.2) is 0 Å². The average Bonchev–Trinajstić information content (AvgIpc) is 2.83. The lowest BCUT2D eigenvalue weighted by molar-refractivity contribution is 0.199. The Bertz CT molecular complexity index is 550. The van der Waals surface area contributed by atoms with Gasteiger partial charge in [-0.05, 0) is 34.1 Å². The van der Waals surface area contributed by atoms with Crippen LogP contribution in [0.5, 0.6) is 0 Å². The minimum atomic E-state index is -0.276. The van der Waals surface area contributed by atoms with Crippen molar-refractivity contribution in [2.24, 2.45) is 0 Å². The summed E-state index contributed by atoms with van der Waals surface area (Å²) in [6.45, 7) is 2.08. The number of rotatable bonds is 6. The highest BCUT2D eigenvalue weighted by Gasteiger charge is 2.10. The van der Waals surface area contributed by atoms with Crippen LogP contribution in [-0.4, -0.2) is 30.5 Å². The van der Waals surface area contributed by atoms with Gasteiger partial charge in [0.2, 0.25) is 0 Å². The lowest BCUT2D eigenvalue weighted by Crippen LogP contribution is -2.18. The van der Waals surface area contributed by atoms with Gasteiger partial charge in [-0.1, -0.05) is 11.3 Å². The summed E-state index contributed by atoms with van der Waals surface area (Å²) in [5.74, 6) is -0.276. The molecule has 1 heterocycles. The molecule has 0 aliphatic carbocycles. The number of benzene rings is 1. The smallest absolute Gasteiger partial charge is 0.148 e. The zero-order valence-electron chi connectivity index (χ0n) is 10.3. The summed E-state index contributed by atoms with van der Waals surface area (Å²) in [6.07, 6.45) is 0. The van der Waals surface area contributed by atoms with Crippen molar-refractivity contribution in [3.8, 4) is 10.6 Å². The molecule has 0 amide bonds. The number of ether oxygens (including phenoxy) is 1. The zero-order valence-corrected chi connectivity index (χ0v) is 12.7. The highest BCUT2D eigenvalue weighted by Crippen LogP contribution is 2.30. The molecule has 7 heteroatoms. The molecule has 19 heavy (non-hydrogen) atoms. The topological polar surface area (TPSA) is 47.0 Å². The summed E-state index contributed by atoms with van der Waals surface area (Å²) in [7, 11) is 1.66. The Morgan fingerprint density at radius 2 is 2.26 bits per heavy atom. The molecule has 102 valence electrons. The van der Waals surface area contributed by atoms with E-state index in [1.807, 2.05) is 0 Å². The number of nitrogens with one attached hydrogen (secondary N) is 1. The Hall–Kier alpha value is -0.890. The van der Waals surface area contributed by atoms with Gasteiger partial charge in [-0.2, -0.15) is 0 Å². The highest BCUT2D eigenvalue weighted by molar-refractivity contribution is 9.10. The third kappa shape index (κ3) is 4.04. The van der Waals surface area contributed by atoms with Crippen molar-refractivity contribution < 1.29 is 9.13 Å². The first-order chi connectivity index (χ1) is 9.20. The highest BCUT2D eigenvalue weighted by atomic mass is 79.9. The second kappa shape index (κ2) is 7.04. The molecule has 0 bridgehead atoms. The summed E-state index contributed by atoms with van der Waals surface area (Å²) >= 11 is 4.82. The number of aromatic nitrogens is 2. The van der Waals surface area contributed by atoms with Crippen LogP contribution in [0.4, 0.5) is 4.39 Å². The van der Waals surface area contributed by atoms with Crippen LogP contribution in [0.2, 0.25) is 0 Å². The first kappa shape index (κ1) is 14.5. The van der Waals surface area contributed by atoms with E-state index in [4.69, 9.17) is 4.74 Å². The normalized spacial score (nSPS) is 10.9. The van der Waals surface area contributed by atoms with Crippen molar-refractivity contribution in [1.29, 1.82) is 0 Å². The number of nitrogens with zero attached hydrogens (tertiary/aromatic N) is 2. The van der Waals surface area contributed by atoms with E-state index in [1.54, 1.807) is 13.2 Å². The summed E-state index contributed by atoms with van der Waals surface area (Å²) in [5, 5.41) is 13.1. The van der Waals surface area contributed by atoms with E-state index >= 15 is 0 Å². The lowest BCUT2D eigenvalue weighted by Gasteiger charge is -2.00. The average molecular weight is 346 g/mol. The van der Waals surface area contributed by atoms with Gasteiger partial charge in [0.05, 0.1) is 6.61 Å². The van der Waals surface area contributed by atoms with Crippen molar-refractivity contribution in [2.75, 3.05) is 20.3 Å². The summed E-state index contributed by atoms with van der Waals surface area (Å²) < 4.78 is 18.7. The quantitative estimate of drug-likeness (QED) is 0.817. The van der Waals surface area contributed by atoms with Gasteiger partial charge >= 0.3 is 0 Å². The van der Waals surface area contributed by atoms with Crippen molar-refractivity contribution in [3.05, 3.63) is 33.5 Å². The van der Waals surface area contributed by atoms with E-state index in [9.17, 15) is 4.39 Å². The molecule has 4 nitrogen and oxygen atoms in total. The second-order valence-electron chi connectivity index (χ2n) is 3.79. The molecular formula is C12H13BrFN3OS. The van der Waals surface area contributed by atoms with Gasteiger partial charge in [-0.25, -0.2) is 4.39 Å². The van der Waals surface area contributed by atoms with Gasteiger partial charge in [0, 0.05) is 30.2 Å². The van der Waals surface area contributed by atoms with E-state index in [0.717, 1.165) is 22.1 Å². The van der Waals surface area contributed by atoms with Crippen LogP contribution in [0.15, 0.2) is 22.7 Å². The van der Waals surface area contributed by atoms with Crippen LogP contribution in [0.3, 0.4) is 0 Å². The molecule has 0 aliphatic heterocycles. The van der Waals surface area contributed by atoms with Gasteiger partial charge in [0.1, 0.15) is 15.8 Å². The van der Waals surface area contributed by atoms with Gasteiger partial charge in [-0.3, -0.25) is 0 Å². The number of halogens is 2. The minimum Gasteiger partial charge on any atom is -0.383 e. The standard InChI is InChI=1S/C12H13BrFN3OS/c1-18-5-4-15-7-11-16-17-12(19-11)9-3-2-8(14)6-10(9)13/h2-3,6,15H,4-5,7H2,1H3. The molecule has 2 aromatic rings. The molecule has 0 spiro atoms. The van der Waals surface area contributed by atoms with Crippen LogP contribution < -0.4 is 5.32 Å². The van der Waals surface area contributed by atoms with Crippen LogP contribution in [-0.2, 0) is 11.3 Å². The SMILES string of the molecule is COCCNCc1nnc(-c2ccc(F)cc2Br)s1. The first-order valence-electron chi connectivity index (χ1n) is 5.68. The fourth-order valence-corrected chi connectivity index (χ4v) is 2.98. The molecule has 1 aromatic heterocycles. The summed E-state index contributed by atoms with van der Waals surface area (Å²) in [5.41, 5.74) is 0.849. The third-order valence-electron chi connectivity index (χ3n) is 2.39. The fourth-order valence-electron chi connectivity index (χ4n) is 1.47. The Morgan fingerprint density at radius 1 is 1.42 bits per heavy atom. The first-order valence-corrected chi connectivity index (χ1v) is 7.29. The lowest BCUT2D eigenvalue weighted by atomic mass is 10.2. The predicted octanol–water partition coefficient (Wildman–Crippen LogP) is 2.84. The van der Waals surface area contributed by atoms with E-state index < -0.39 is 0 Å². The van der Waals surface area contributed by atoms with Crippen LogP contribution in [0.1, 0.15) is 5.01 Å². The molecule has 0 aliphatic rings. The Labute approximate surface area is 123 Å². The molecule has 2 rings (SSSR count). The molecule has 0 radical (unpaired) electrons. The molecule has 0 saturated heterocycles. The Kier molecular flexibility index (Phi) is 5.38. The van der Waals surface area contributed by atoms with Crippen LogP contribution >= 0.6 is 27.3 Å². The van der Waals surface area contributed by atoms with Crippen molar-refractivity contribution in [3.63, 3.8) is 0 Å².